The smallest absolute Gasteiger partial charge is 0.0960 e. The summed E-state index contributed by atoms with van der Waals surface area (Å²) in [7, 11) is 0. The highest BCUT2D eigenvalue weighted by Crippen LogP contribution is 2.18. The lowest BCUT2D eigenvalue weighted by Crippen LogP contribution is -2.08. The number of nitrogens with two attached hydrogens (primary N) is 1. The zero-order valence-corrected chi connectivity index (χ0v) is 9.24. The molecule has 0 aliphatic rings. The van der Waals surface area contributed by atoms with Gasteiger partial charge in [0, 0.05) is 12.6 Å². The molecule has 0 radical (unpaired) electrons. The number of halogens is 1. The Labute approximate surface area is 92.6 Å². The average molecular weight is 230 g/mol. The van der Waals surface area contributed by atoms with E-state index in [0.29, 0.717) is 11.4 Å². The predicted molar refractivity (Wildman–Crippen MR) is 61.1 cm³/mol. The Morgan fingerprint density at radius 1 is 1.57 bits per heavy atom. The molecule has 0 aliphatic heterocycles. The highest BCUT2D eigenvalue weighted by Gasteiger charge is 1.96. The quantitative estimate of drug-likeness (QED) is 0.353. The first-order valence-electron chi connectivity index (χ1n) is 4.26. The topological polar surface area (TPSA) is 62.8 Å². The second-order valence-corrected chi connectivity index (χ2v) is 4.34. The van der Waals surface area contributed by atoms with Crippen molar-refractivity contribution in [3.05, 3.63) is 23.4 Å². The molecule has 0 bridgehead atoms. The first kappa shape index (κ1) is 11.3. The van der Waals surface area contributed by atoms with Crippen molar-refractivity contribution >= 4 is 29.2 Å². The Bertz CT molecular complexity index is 299. The molecule has 0 aromatic carbocycles. The number of nitrogens with one attached hydrogen (secondary N) is 1. The minimum Gasteiger partial charge on any atom is -0.388 e. The van der Waals surface area contributed by atoms with Crippen molar-refractivity contribution in [3.8, 4) is 0 Å². The van der Waals surface area contributed by atoms with Gasteiger partial charge < -0.3 is 5.73 Å². The van der Waals surface area contributed by atoms with Crippen LogP contribution < -0.4 is 5.73 Å². The van der Waals surface area contributed by atoms with E-state index in [4.69, 9.17) is 22.7 Å². The number of aromatic nitrogens is 1. The maximum absolute atomic E-state index is 7.04. The van der Waals surface area contributed by atoms with Crippen LogP contribution in [-0.4, -0.2) is 16.6 Å². The van der Waals surface area contributed by atoms with Crippen LogP contribution in [0.1, 0.15) is 12.8 Å². The van der Waals surface area contributed by atoms with Gasteiger partial charge in [-0.25, -0.2) is 4.98 Å². The predicted octanol–water partition coefficient (Wildman–Crippen LogP) is 2.54. The first-order valence-corrected chi connectivity index (χ1v) is 5.62. The third-order valence-corrected chi connectivity index (χ3v) is 2.79. The number of hydrogen-bond acceptors (Lipinski definition) is 3. The molecule has 0 saturated heterocycles. The summed E-state index contributed by atoms with van der Waals surface area (Å²) >= 11 is 7.35. The lowest BCUT2D eigenvalue weighted by Gasteiger charge is -2.00. The van der Waals surface area contributed by atoms with Crippen LogP contribution in [0.15, 0.2) is 23.4 Å². The molecule has 1 aromatic rings. The van der Waals surface area contributed by atoms with Gasteiger partial charge in [0.15, 0.2) is 0 Å². The van der Waals surface area contributed by atoms with Gasteiger partial charge in [-0.15, -0.1) is 11.8 Å². The van der Waals surface area contributed by atoms with E-state index in [2.05, 4.69) is 4.98 Å². The number of rotatable bonds is 5. The molecule has 1 aromatic heterocycles. The number of nitrogens with zero attached hydrogens (tertiary/aromatic N) is 1. The summed E-state index contributed by atoms with van der Waals surface area (Å²) in [6.45, 7) is 0. The minimum absolute atomic E-state index is 0.245. The SMILES string of the molecule is N=C(N)CCCSc1ccc(Cl)cn1. The van der Waals surface area contributed by atoms with Crippen molar-refractivity contribution in [1.29, 1.82) is 5.41 Å². The molecule has 3 nitrogen and oxygen atoms in total. The summed E-state index contributed by atoms with van der Waals surface area (Å²) in [5, 5.41) is 8.65. The summed E-state index contributed by atoms with van der Waals surface area (Å²) in [5.74, 6) is 1.17. The lowest BCUT2D eigenvalue weighted by atomic mass is 10.3. The molecular weight excluding hydrogens is 218 g/mol. The van der Waals surface area contributed by atoms with E-state index in [1.165, 1.54) is 0 Å². The van der Waals surface area contributed by atoms with Gasteiger partial charge in [0.25, 0.3) is 0 Å². The molecule has 1 heterocycles. The monoisotopic (exact) mass is 229 g/mol. The van der Waals surface area contributed by atoms with Crippen molar-refractivity contribution in [2.24, 2.45) is 5.73 Å². The van der Waals surface area contributed by atoms with Gasteiger partial charge in [-0.2, -0.15) is 0 Å². The second-order valence-electron chi connectivity index (χ2n) is 2.79. The van der Waals surface area contributed by atoms with Gasteiger partial charge in [-0.1, -0.05) is 11.6 Å². The molecule has 0 unspecified atom stereocenters. The number of pyridine rings is 1. The molecule has 0 saturated carbocycles. The minimum atomic E-state index is 0.245. The molecular formula is C9H12ClN3S. The number of thioether (sulfide) groups is 1. The van der Waals surface area contributed by atoms with Gasteiger partial charge in [0.2, 0.25) is 0 Å². The van der Waals surface area contributed by atoms with E-state index >= 15 is 0 Å². The summed E-state index contributed by atoms with van der Waals surface area (Å²) in [4.78, 5) is 4.14. The standard InChI is InChI=1S/C9H12ClN3S/c10-7-3-4-9(13-6-7)14-5-1-2-8(11)12/h3-4,6H,1-2,5H2,(H3,11,12). The Balaban J connectivity index is 2.25. The molecule has 1 rings (SSSR count). The van der Waals surface area contributed by atoms with Crippen molar-refractivity contribution in [1.82, 2.24) is 4.98 Å². The zero-order chi connectivity index (χ0) is 10.4. The lowest BCUT2D eigenvalue weighted by molar-refractivity contribution is 0.984. The molecule has 0 spiro atoms. The van der Waals surface area contributed by atoms with E-state index in [-0.39, 0.29) is 5.84 Å². The Kier molecular flexibility index (Phi) is 4.76. The molecule has 3 N–H and O–H groups in total. The van der Waals surface area contributed by atoms with Gasteiger partial charge in [-0.05, 0) is 24.3 Å². The first-order chi connectivity index (χ1) is 6.68. The number of amidine groups is 1. The van der Waals surface area contributed by atoms with E-state index in [9.17, 15) is 0 Å². The van der Waals surface area contributed by atoms with Gasteiger partial charge in [-0.3, -0.25) is 5.41 Å². The molecule has 0 amide bonds. The summed E-state index contributed by atoms with van der Waals surface area (Å²) < 4.78 is 0. The van der Waals surface area contributed by atoms with Gasteiger partial charge in [0.05, 0.1) is 15.9 Å². The second kappa shape index (κ2) is 5.88. The van der Waals surface area contributed by atoms with E-state index in [1.54, 1.807) is 18.0 Å². The zero-order valence-electron chi connectivity index (χ0n) is 7.66. The van der Waals surface area contributed by atoms with Crippen LogP contribution in [0.2, 0.25) is 5.02 Å². The Hall–Kier alpha value is -0.740. The third kappa shape index (κ3) is 4.48. The molecule has 0 fully saturated rings. The van der Waals surface area contributed by atoms with Crippen molar-refractivity contribution < 1.29 is 0 Å². The van der Waals surface area contributed by atoms with Gasteiger partial charge in [0.1, 0.15) is 0 Å². The van der Waals surface area contributed by atoms with Crippen LogP contribution >= 0.6 is 23.4 Å². The van der Waals surface area contributed by atoms with E-state index < -0.39 is 0 Å². The van der Waals surface area contributed by atoms with Crippen LogP contribution in [0.3, 0.4) is 0 Å². The van der Waals surface area contributed by atoms with E-state index in [0.717, 1.165) is 17.2 Å². The summed E-state index contributed by atoms with van der Waals surface area (Å²) in [6, 6.07) is 3.71. The largest absolute Gasteiger partial charge is 0.388 e. The molecule has 5 heteroatoms. The van der Waals surface area contributed by atoms with Gasteiger partial charge >= 0.3 is 0 Å². The average Bonchev–Trinajstić information content (AvgIpc) is 2.15. The Morgan fingerprint density at radius 3 is 2.93 bits per heavy atom. The van der Waals surface area contributed by atoms with Crippen LogP contribution in [0.5, 0.6) is 0 Å². The van der Waals surface area contributed by atoms with E-state index in [1.807, 2.05) is 12.1 Å². The maximum Gasteiger partial charge on any atom is 0.0960 e. The summed E-state index contributed by atoms with van der Waals surface area (Å²) in [6.07, 6.45) is 3.19. The third-order valence-electron chi connectivity index (χ3n) is 1.54. The fourth-order valence-corrected chi connectivity index (χ4v) is 1.79. The highest BCUT2D eigenvalue weighted by atomic mass is 35.5. The number of hydrogen-bond donors (Lipinski definition) is 2. The normalized spacial score (nSPS) is 10.1. The molecule has 0 aliphatic carbocycles. The fourth-order valence-electron chi connectivity index (χ4n) is 0.887. The molecule has 76 valence electrons. The van der Waals surface area contributed by atoms with Crippen molar-refractivity contribution in [2.75, 3.05) is 5.75 Å². The van der Waals surface area contributed by atoms with Crippen LogP contribution in [0, 0.1) is 5.41 Å². The highest BCUT2D eigenvalue weighted by molar-refractivity contribution is 7.99. The fraction of sp³-hybridized carbons (Fsp3) is 0.333. The van der Waals surface area contributed by atoms with Crippen molar-refractivity contribution in [3.63, 3.8) is 0 Å². The van der Waals surface area contributed by atoms with Crippen LogP contribution in [0.4, 0.5) is 0 Å². The molecule has 0 atom stereocenters. The Morgan fingerprint density at radius 2 is 2.36 bits per heavy atom. The van der Waals surface area contributed by atoms with Crippen LogP contribution in [0.25, 0.3) is 0 Å². The molecule has 14 heavy (non-hydrogen) atoms. The maximum atomic E-state index is 7.04. The van der Waals surface area contributed by atoms with Crippen molar-refractivity contribution in [2.45, 2.75) is 17.9 Å². The summed E-state index contributed by atoms with van der Waals surface area (Å²) in [5.41, 5.74) is 5.23. The van der Waals surface area contributed by atoms with Crippen LogP contribution in [-0.2, 0) is 0 Å².